The van der Waals surface area contributed by atoms with E-state index in [1.54, 1.807) is 17.9 Å². The van der Waals surface area contributed by atoms with Crippen molar-refractivity contribution in [2.24, 2.45) is 0 Å². The van der Waals surface area contributed by atoms with Gasteiger partial charge in [0.1, 0.15) is 0 Å². The lowest BCUT2D eigenvalue weighted by molar-refractivity contribution is 0.0382. The summed E-state index contributed by atoms with van der Waals surface area (Å²) in [7, 11) is 0. The highest BCUT2D eigenvalue weighted by atomic mass is 16.3. The van der Waals surface area contributed by atoms with Crippen molar-refractivity contribution in [1.29, 1.82) is 0 Å². The fourth-order valence-corrected chi connectivity index (χ4v) is 3.93. The number of hydrogen-bond donors (Lipinski definition) is 2. The van der Waals surface area contributed by atoms with Crippen LogP contribution in [0.2, 0.25) is 0 Å². The van der Waals surface area contributed by atoms with Crippen LogP contribution in [0.5, 0.6) is 0 Å². The third-order valence-electron chi connectivity index (χ3n) is 5.30. The Labute approximate surface area is 157 Å². The maximum atomic E-state index is 12.7. The van der Waals surface area contributed by atoms with E-state index in [0.29, 0.717) is 24.2 Å². The third kappa shape index (κ3) is 3.51. The van der Waals surface area contributed by atoms with Gasteiger partial charge in [0.25, 0.3) is 5.91 Å². The van der Waals surface area contributed by atoms with Crippen molar-refractivity contribution in [2.45, 2.75) is 25.4 Å². The highest BCUT2D eigenvalue weighted by Crippen LogP contribution is 2.31. The molecule has 1 aliphatic heterocycles. The molecule has 27 heavy (non-hydrogen) atoms. The molecule has 0 radical (unpaired) electrons. The Bertz CT molecular complexity index is 1060. The molecule has 0 unspecified atom stereocenters. The van der Waals surface area contributed by atoms with Gasteiger partial charge in [-0.1, -0.05) is 42.5 Å². The summed E-state index contributed by atoms with van der Waals surface area (Å²) >= 11 is 0. The van der Waals surface area contributed by atoms with Gasteiger partial charge in [0.05, 0.1) is 6.10 Å². The van der Waals surface area contributed by atoms with Crippen LogP contribution in [0.25, 0.3) is 10.8 Å². The molecule has 1 fully saturated rings. The van der Waals surface area contributed by atoms with Crippen LogP contribution < -0.4 is 5.56 Å². The molecule has 5 nitrogen and oxygen atoms in total. The number of aliphatic hydroxyl groups is 1. The number of carbonyl (C=O) groups is 1. The fraction of sp³-hybridized carbons (Fsp3) is 0.273. The summed E-state index contributed by atoms with van der Waals surface area (Å²) in [4.78, 5) is 28.6. The molecule has 0 bridgehead atoms. The van der Waals surface area contributed by atoms with Crippen molar-refractivity contribution in [1.82, 2.24) is 9.88 Å². The lowest BCUT2D eigenvalue weighted by atomic mass is 9.86. The summed E-state index contributed by atoms with van der Waals surface area (Å²) in [6.07, 6.45) is 0.0555. The number of H-pyrrole nitrogens is 1. The summed E-state index contributed by atoms with van der Waals surface area (Å²) in [5.41, 5.74) is 1.83. The zero-order valence-corrected chi connectivity index (χ0v) is 15.2. The third-order valence-corrected chi connectivity index (χ3v) is 5.30. The lowest BCUT2D eigenvalue weighted by Crippen LogP contribution is -2.45. The van der Waals surface area contributed by atoms with Crippen molar-refractivity contribution >= 4 is 16.7 Å². The highest BCUT2D eigenvalue weighted by Gasteiger charge is 2.31. The van der Waals surface area contributed by atoms with Crippen LogP contribution in [0.3, 0.4) is 0 Å². The zero-order chi connectivity index (χ0) is 19.0. The molecule has 138 valence electrons. The first kappa shape index (κ1) is 17.5. The predicted molar refractivity (Wildman–Crippen MR) is 105 cm³/mol. The minimum atomic E-state index is -0.632. The van der Waals surface area contributed by atoms with Crippen LogP contribution in [0.4, 0.5) is 0 Å². The Hall–Kier alpha value is -2.92. The van der Waals surface area contributed by atoms with E-state index in [1.807, 2.05) is 12.1 Å². The number of fused-ring (bicyclic) bond motifs is 1. The van der Waals surface area contributed by atoms with Gasteiger partial charge in [0.2, 0.25) is 5.56 Å². The first-order valence-corrected chi connectivity index (χ1v) is 9.18. The maximum Gasteiger partial charge on any atom is 0.254 e. The van der Waals surface area contributed by atoms with Gasteiger partial charge in [-0.25, -0.2) is 0 Å². The quantitative estimate of drug-likeness (QED) is 0.736. The SMILES string of the molecule is Cc1cc(C(=O)N2CC[C@@H](c3ccc4ccccc4c3)[C@H](O)C2)cc(=O)[nH]1. The number of amides is 1. The van der Waals surface area contributed by atoms with Crippen molar-refractivity contribution in [3.63, 3.8) is 0 Å². The number of aromatic nitrogens is 1. The number of piperidine rings is 1. The topological polar surface area (TPSA) is 73.4 Å². The number of aliphatic hydroxyl groups excluding tert-OH is 1. The molecule has 1 amide bonds. The highest BCUT2D eigenvalue weighted by molar-refractivity contribution is 5.94. The summed E-state index contributed by atoms with van der Waals surface area (Å²) in [5.74, 6) is -0.209. The van der Waals surface area contributed by atoms with Crippen LogP contribution in [0, 0.1) is 6.92 Å². The van der Waals surface area contributed by atoms with Gasteiger partial charge in [-0.2, -0.15) is 0 Å². The molecule has 5 heteroatoms. The molecule has 2 atom stereocenters. The Kier molecular flexibility index (Phi) is 4.54. The van der Waals surface area contributed by atoms with Gasteiger partial charge < -0.3 is 15.0 Å². The minimum Gasteiger partial charge on any atom is -0.391 e. The van der Waals surface area contributed by atoms with Gasteiger partial charge in [-0.3, -0.25) is 9.59 Å². The average molecular weight is 362 g/mol. The van der Waals surface area contributed by atoms with Gasteiger partial charge in [0, 0.05) is 36.3 Å². The Morgan fingerprint density at radius 3 is 2.63 bits per heavy atom. The predicted octanol–water partition coefficient (Wildman–Crippen LogP) is 2.83. The van der Waals surface area contributed by atoms with Crippen molar-refractivity contribution in [3.05, 3.63) is 81.8 Å². The second-order valence-electron chi connectivity index (χ2n) is 7.24. The fourth-order valence-electron chi connectivity index (χ4n) is 3.93. The zero-order valence-electron chi connectivity index (χ0n) is 15.2. The number of likely N-dealkylation sites (tertiary alicyclic amines) is 1. The number of nitrogens with one attached hydrogen (secondary N) is 1. The second-order valence-corrected chi connectivity index (χ2v) is 7.24. The summed E-state index contributed by atoms with van der Waals surface area (Å²) < 4.78 is 0. The number of rotatable bonds is 2. The smallest absolute Gasteiger partial charge is 0.254 e. The number of β-amino-alcohol motifs (C(OH)–C–C–N with tert-alkyl or cyclic N) is 1. The van der Waals surface area contributed by atoms with E-state index in [9.17, 15) is 14.7 Å². The van der Waals surface area contributed by atoms with Crippen LogP contribution in [0.1, 0.15) is 34.0 Å². The first-order chi connectivity index (χ1) is 13.0. The molecule has 2 N–H and O–H groups in total. The van der Waals surface area contributed by atoms with E-state index in [0.717, 1.165) is 10.9 Å². The van der Waals surface area contributed by atoms with E-state index < -0.39 is 6.10 Å². The summed E-state index contributed by atoms with van der Waals surface area (Å²) in [5, 5.41) is 13.0. The lowest BCUT2D eigenvalue weighted by Gasteiger charge is -2.36. The molecule has 1 aromatic heterocycles. The van der Waals surface area contributed by atoms with E-state index in [-0.39, 0.29) is 23.9 Å². The van der Waals surface area contributed by atoms with Crippen LogP contribution >= 0.6 is 0 Å². The molecule has 2 aromatic carbocycles. The number of aryl methyl sites for hydroxylation is 1. The number of hydrogen-bond acceptors (Lipinski definition) is 3. The molecule has 0 aliphatic carbocycles. The van der Waals surface area contributed by atoms with Crippen molar-refractivity contribution < 1.29 is 9.90 Å². The molecule has 4 rings (SSSR count). The van der Waals surface area contributed by atoms with Crippen LogP contribution in [-0.2, 0) is 0 Å². The van der Waals surface area contributed by atoms with Crippen molar-refractivity contribution in [3.8, 4) is 0 Å². The number of pyridine rings is 1. The van der Waals surface area contributed by atoms with Crippen LogP contribution in [-0.4, -0.2) is 40.1 Å². The molecule has 1 aliphatic rings. The number of carbonyl (C=O) groups excluding carboxylic acids is 1. The van der Waals surface area contributed by atoms with E-state index in [2.05, 4.69) is 35.3 Å². The van der Waals surface area contributed by atoms with E-state index >= 15 is 0 Å². The Morgan fingerprint density at radius 1 is 1.11 bits per heavy atom. The number of aromatic amines is 1. The molecular formula is C22H22N2O3. The number of benzene rings is 2. The normalized spacial score (nSPS) is 20.0. The summed E-state index contributed by atoms with van der Waals surface area (Å²) in [6.45, 7) is 2.57. The maximum absolute atomic E-state index is 12.7. The second kappa shape index (κ2) is 7.00. The van der Waals surface area contributed by atoms with Gasteiger partial charge in [0.15, 0.2) is 0 Å². The molecule has 0 saturated carbocycles. The van der Waals surface area contributed by atoms with Gasteiger partial charge in [-0.15, -0.1) is 0 Å². The molecule has 3 aromatic rings. The number of nitrogens with zero attached hydrogens (tertiary/aromatic N) is 1. The molecule has 0 spiro atoms. The molecule has 2 heterocycles. The Morgan fingerprint density at radius 2 is 1.89 bits per heavy atom. The Balaban J connectivity index is 1.53. The van der Waals surface area contributed by atoms with Crippen molar-refractivity contribution in [2.75, 3.05) is 13.1 Å². The monoisotopic (exact) mass is 362 g/mol. The first-order valence-electron chi connectivity index (χ1n) is 9.18. The van der Waals surface area contributed by atoms with Gasteiger partial charge >= 0.3 is 0 Å². The molecule has 1 saturated heterocycles. The average Bonchev–Trinajstić information content (AvgIpc) is 2.66. The van der Waals surface area contributed by atoms with Gasteiger partial charge in [-0.05, 0) is 35.7 Å². The van der Waals surface area contributed by atoms with Crippen LogP contribution in [0.15, 0.2) is 59.4 Å². The molecular weight excluding hydrogens is 340 g/mol. The van der Waals surface area contributed by atoms with E-state index in [1.165, 1.54) is 11.5 Å². The van der Waals surface area contributed by atoms with E-state index in [4.69, 9.17) is 0 Å². The standard InChI is InChI=1S/C22H22N2O3/c1-14-10-18(12-21(26)23-14)22(27)24-9-8-19(20(25)13-24)17-7-6-15-4-2-3-5-16(15)11-17/h2-7,10-12,19-20,25H,8-9,13H2,1H3,(H,23,26)/t19-,20+/m0/s1. The minimum absolute atomic E-state index is 0.000400. The largest absolute Gasteiger partial charge is 0.391 e. The summed E-state index contributed by atoms with van der Waals surface area (Å²) in [6, 6.07) is 17.4.